The molecule has 2 nitrogen and oxygen atoms in total. The lowest BCUT2D eigenvalue weighted by molar-refractivity contribution is 0.472. The van der Waals surface area contributed by atoms with Gasteiger partial charge in [0, 0.05) is 10.5 Å². The molecule has 0 N–H and O–H groups in total. The van der Waals surface area contributed by atoms with Crippen LogP contribution in [0, 0.1) is 24.1 Å². The number of nitrogens with zero attached hydrogens (tertiary/aromatic N) is 1. The molecule has 0 aliphatic rings. The van der Waals surface area contributed by atoms with Crippen LogP contribution in [0.2, 0.25) is 0 Å². The van der Waals surface area contributed by atoms with Gasteiger partial charge in [-0.2, -0.15) is 5.26 Å². The molecule has 90 valence electrons. The van der Waals surface area contributed by atoms with Gasteiger partial charge < -0.3 is 4.74 Å². The number of aryl methyl sites for hydroxylation is 1. The van der Waals surface area contributed by atoms with Crippen LogP contribution < -0.4 is 4.74 Å². The Bertz CT molecular complexity index is 634. The van der Waals surface area contributed by atoms with E-state index in [4.69, 9.17) is 10.00 Å². The monoisotopic (exact) mass is 305 g/mol. The third kappa shape index (κ3) is 2.88. The average molecular weight is 306 g/mol. The van der Waals surface area contributed by atoms with Crippen molar-refractivity contribution in [2.75, 3.05) is 0 Å². The van der Waals surface area contributed by atoms with E-state index in [1.807, 2.05) is 25.1 Å². The maximum atomic E-state index is 13.3. The highest BCUT2D eigenvalue weighted by Crippen LogP contribution is 2.29. The summed E-state index contributed by atoms with van der Waals surface area (Å²) in [5.41, 5.74) is 1.17. The number of ether oxygens (including phenoxy) is 1. The second-order valence-electron chi connectivity index (χ2n) is 3.80. The third-order valence-corrected chi connectivity index (χ3v) is 2.87. The van der Waals surface area contributed by atoms with Gasteiger partial charge in [0.05, 0.1) is 11.6 Å². The van der Waals surface area contributed by atoms with Gasteiger partial charge in [-0.1, -0.05) is 22.0 Å². The van der Waals surface area contributed by atoms with Crippen molar-refractivity contribution in [3.8, 4) is 17.6 Å². The molecule has 0 saturated heterocycles. The Morgan fingerprint density at radius 1 is 1.22 bits per heavy atom. The molecule has 0 fully saturated rings. The van der Waals surface area contributed by atoms with Gasteiger partial charge in [-0.25, -0.2) is 4.39 Å². The molecule has 0 spiro atoms. The molecule has 0 amide bonds. The van der Waals surface area contributed by atoms with Gasteiger partial charge in [-0.3, -0.25) is 0 Å². The van der Waals surface area contributed by atoms with E-state index < -0.39 is 5.82 Å². The molecular weight excluding hydrogens is 297 g/mol. The third-order valence-electron chi connectivity index (χ3n) is 2.38. The van der Waals surface area contributed by atoms with Crippen LogP contribution in [0.15, 0.2) is 40.9 Å². The highest BCUT2D eigenvalue weighted by atomic mass is 79.9. The van der Waals surface area contributed by atoms with E-state index in [1.54, 1.807) is 6.07 Å². The van der Waals surface area contributed by atoms with Gasteiger partial charge in [0.2, 0.25) is 0 Å². The fourth-order valence-electron chi connectivity index (χ4n) is 1.50. The molecule has 0 aliphatic heterocycles. The van der Waals surface area contributed by atoms with E-state index in [-0.39, 0.29) is 5.56 Å². The summed E-state index contributed by atoms with van der Waals surface area (Å²) in [7, 11) is 0. The van der Waals surface area contributed by atoms with Crippen molar-refractivity contribution in [1.82, 2.24) is 0 Å². The average Bonchev–Trinajstić information content (AvgIpc) is 2.33. The van der Waals surface area contributed by atoms with E-state index in [1.165, 1.54) is 18.2 Å². The van der Waals surface area contributed by atoms with Crippen LogP contribution >= 0.6 is 15.9 Å². The Hall–Kier alpha value is -1.86. The second kappa shape index (κ2) is 5.19. The van der Waals surface area contributed by atoms with Gasteiger partial charge in [0.1, 0.15) is 17.3 Å². The predicted molar refractivity (Wildman–Crippen MR) is 70.1 cm³/mol. The van der Waals surface area contributed by atoms with Gasteiger partial charge in [-0.05, 0) is 36.8 Å². The summed E-state index contributed by atoms with van der Waals surface area (Å²) in [5.74, 6) is 0.448. The molecule has 0 aromatic heterocycles. The topological polar surface area (TPSA) is 33.0 Å². The Morgan fingerprint density at radius 3 is 2.72 bits per heavy atom. The molecule has 2 aromatic carbocycles. The van der Waals surface area contributed by atoms with E-state index in [9.17, 15) is 4.39 Å². The van der Waals surface area contributed by atoms with E-state index in [0.29, 0.717) is 11.5 Å². The van der Waals surface area contributed by atoms with Crippen LogP contribution in [0.4, 0.5) is 4.39 Å². The molecule has 18 heavy (non-hydrogen) atoms. The normalized spacial score (nSPS) is 9.89. The largest absolute Gasteiger partial charge is 0.457 e. The minimum atomic E-state index is -0.489. The Morgan fingerprint density at radius 2 is 2.00 bits per heavy atom. The van der Waals surface area contributed by atoms with Crippen LogP contribution in [0.5, 0.6) is 11.5 Å². The van der Waals surface area contributed by atoms with E-state index >= 15 is 0 Å². The molecule has 0 unspecified atom stereocenters. The molecule has 0 saturated carbocycles. The highest BCUT2D eigenvalue weighted by molar-refractivity contribution is 9.10. The van der Waals surface area contributed by atoms with Crippen molar-refractivity contribution < 1.29 is 9.13 Å². The Labute approximate surface area is 113 Å². The number of halogens is 2. The molecule has 4 heteroatoms. The summed E-state index contributed by atoms with van der Waals surface area (Å²) >= 11 is 3.35. The van der Waals surface area contributed by atoms with Crippen molar-refractivity contribution in [3.05, 3.63) is 57.8 Å². The van der Waals surface area contributed by atoms with Crippen molar-refractivity contribution in [3.63, 3.8) is 0 Å². The summed E-state index contributed by atoms with van der Waals surface area (Å²) in [6, 6.07) is 11.4. The maximum absolute atomic E-state index is 13.3. The molecule has 2 aromatic rings. The minimum absolute atomic E-state index is 0.234. The summed E-state index contributed by atoms with van der Waals surface area (Å²) in [4.78, 5) is 0. The first-order chi connectivity index (χ1) is 8.58. The molecule has 0 heterocycles. The van der Waals surface area contributed by atoms with Crippen LogP contribution in [-0.2, 0) is 0 Å². The standard InChI is InChI=1S/C14H9BrFNO/c1-9-2-3-11(15)6-14(9)18-13-5-10(8-17)4-12(16)7-13/h2-7H,1H3. The van der Waals surface area contributed by atoms with Crippen LogP contribution in [0.25, 0.3) is 0 Å². The highest BCUT2D eigenvalue weighted by Gasteiger charge is 2.05. The fraction of sp³-hybridized carbons (Fsp3) is 0.0714. The van der Waals surface area contributed by atoms with Gasteiger partial charge >= 0.3 is 0 Å². The minimum Gasteiger partial charge on any atom is -0.457 e. The van der Waals surface area contributed by atoms with Crippen LogP contribution in [-0.4, -0.2) is 0 Å². The fourth-order valence-corrected chi connectivity index (χ4v) is 1.84. The van der Waals surface area contributed by atoms with Crippen molar-refractivity contribution in [2.45, 2.75) is 6.92 Å². The van der Waals surface area contributed by atoms with E-state index in [0.717, 1.165) is 10.0 Å². The van der Waals surface area contributed by atoms with Gasteiger partial charge in [0.25, 0.3) is 0 Å². The first-order valence-corrected chi connectivity index (χ1v) is 6.02. The smallest absolute Gasteiger partial charge is 0.131 e. The number of nitriles is 1. The van der Waals surface area contributed by atoms with Gasteiger partial charge in [-0.15, -0.1) is 0 Å². The zero-order chi connectivity index (χ0) is 13.1. The zero-order valence-electron chi connectivity index (χ0n) is 9.58. The van der Waals surface area contributed by atoms with Crippen LogP contribution in [0.1, 0.15) is 11.1 Å². The quantitative estimate of drug-likeness (QED) is 0.815. The lowest BCUT2D eigenvalue weighted by Gasteiger charge is -2.09. The molecule has 0 aliphatic carbocycles. The zero-order valence-corrected chi connectivity index (χ0v) is 11.2. The molecule has 0 radical (unpaired) electrons. The number of rotatable bonds is 2. The van der Waals surface area contributed by atoms with Crippen molar-refractivity contribution in [1.29, 1.82) is 5.26 Å². The summed E-state index contributed by atoms with van der Waals surface area (Å²) in [6.45, 7) is 1.90. The first-order valence-electron chi connectivity index (χ1n) is 5.23. The van der Waals surface area contributed by atoms with Gasteiger partial charge in [0.15, 0.2) is 0 Å². The lowest BCUT2D eigenvalue weighted by atomic mass is 10.2. The van der Waals surface area contributed by atoms with Crippen LogP contribution in [0.3, 0.4) is 0 Å². The molecule has 0 atom stereocenters. The number of benzene rings is 2. The molecule has 2 rings (SSSR count). The predicted octanol–water partition coefficient (Wildman–Crippen LogP) is 4.56. The SMILES string of the molecule is Cc1ccc(Br)cc1Oc1cc(F)cc(C#N)c1. The van der Waals surface area contributed by atoms with E-state index in [2.05, 4.69) is 15.9 Å². The Balaban J connectivity index is 2.37. The summed E-state index contributed by atoms with van der Waals surface area (Å²) in [5, 5.41) is 8.77. The van der Waals surface area contributed by atoms with Crippen molar-refractivity contribution >= 4 is 15.9 Å². The second-order valence-corrected chi connectivity index (χ2v) is 4.71. The maximum Gasteiger partial charge on any atom is 0.131 e. The first kappa shape index (κ1) is 12.6. The lowest BCUT2D eigenvalue weighted by Crippen LogP contribution is -1.90. The number of hydrogen-bond donors (Lipinski definition) is 0. The molecular formula is C14H9BrFNO. The Kier molecular flexibility index (Phi) is 3.63. The number of hydrogen-bond acceptors (Lipinski definition) is 2. The summed E-state index contributed by atoms with van der Waals surface area (Å²) < 4.78 is 19.7. The van der Waals surface area contributed by atoms with Crippen molar-refractivity contribution in [2.24, 2.45) is 0 Å². The molecule has 0 bridgehead atoms. The summed E-state index contributed by atoms with van der Waals surface area (Å²) in [6.07, 6.45) is 0.